The van der Waals surface area contributed by atoms with Crippen molar-refractivity contribution >= 4 is 28.6 Å². The van der Waals surface area contributed by atoms with E-state index in [1.54, 1.807) is 11.8 Å². The van der Waals surface area contributed by atoms with Gasteiger partial charge in [0.2, 0.25) is 5.91 Å². The molecule has 31 heavy (non-hydrogen) atoms. The van der Waals surface area contributed by atoms with Gasteiger partial charge in [-0.05, 0) is 50.9 Å². The Labute approximate surface area is 189 Å². The van der Waals surface area contributed by atoms with Crippen molar-refractivity contribution < 1.29 is 4.79 Å². The molecule has 1 atom stereocenters. The minimum atomic E-state index is 0.0628. The summed E-state index contributed by atoms with van der Waals surface area (Å²) >= 11 is 1.74. The quantitative estimate of drug-likeness (QED) is 0.523. The molecule has 1 amide bonds. The highest BCUT2D eigenvalue weighted by molar-refractivity contribution is 7.98. The molecule has 0 bridgehead atoms. The highest BCUT2D eigenvalue weighted by atomic mass is 32.2. The van der Waals surface area contributed by atoms with E-state index in [0.29, 0.717) is 19.1 Å². The van der Waals surface area contributed by atoms with Gasteiger partial charge in [0.1, 0.15) is 11.6 Å². The summed E-state index contributed by atoms with van der Waals surface area (Å²) < 4.78 is 2.02. The maximum Gasteiger partial charge on any atom is 0.239 e. The molecule has 3 heterocycles. The fraction of sp³-hybridized carbons (Fsp3) is 0.440. The predicted octanol–water partition coefficient (Wildman–Crippen LogP) is 4.63. The van der Waals surface area contributed by atoms with Gasteiger partial charge < -0.3 is 9.88 Å². The van der Waals surface area contributed by atoms with Gasteiger partial charge in [0.15, 0.2) is 0 Å². The molecule has 2 aromatic heterocycles. The lowest BCUT2D eigenvalue weighted by atomic mass is 10.0. The molecule has 1 aliphatic rings. The second-order valence-electron chi connectivity index (χ2n) is 8.50. The molecular formula is C25H32N4OS. The maximum absolute atomic E-state index is 12.5. The van der Waals surface area contributed by atoms with Gasteiger partial charge in [-0.3, -0.25) is 9.69 Å². The summed E-state index contributed by atoms with van der Waals surface area (Å²) in [5.41, 5.74) is 3.62. The number of carbonyl (C=O) groups excluding carboxylic acids is 1. The van der Waals surface area contributed by atoms with Crippen LogP contribution < -0.4 is 5.32 Å². The molecule has 0 radical (unpaired) electrons. The number of nitrogens with zero attached hydrogens (tertiary/aromatic N) is 3. The van der Waals surface area contributed by atoms with E-state index in [1.807, 2.05) is 23.0 Å². The zero-order chi connectivity index (χ0) is 21.6. The number of fused-ring (bicyclic) bond motifs is 1. The van der Waals surface area contributed by atoms with Gasteiger partial charge in [0, 0.05) is 42.7 Å². The molecule has 1 fully saturated rings. The normalized spacial score (nSPS) is 17.2. The standard InChI is InChI=1S/C25H32N4OS/c1-19-6-8-21(9-7-19)18-31-25-22-11-15-29(23(22)10-12-27-25)17-24(30)26-13-16-28-14-4-3-5-20(28)2/h6-12,15,20H,3-5,13-14,16-18H2,1-2H3,(H,26,30)/t20-/m0/s1. The number of aryl methyl sites for hydroxylation is 1. The van der Waals surface area contributed by atoms with Crippen molar-refractivity contribution in [2.45, 2.75) is 56.5 Å². The number of piperidine rings is 1. The third-order valence-corrected chi connectivity index (χ3v) is 7.21. The smallest absolute Gasteiger partial charge is 0.239 e. The highest BCUT2D eigenvalue weighted by Gasteiger charge is 2.17. The first-order valence-electron chi connectivity index (χ1n) is 11.2. The zero-order valence-corrected chi connectivity index (χ0v) is 19.3. The van der Waals surface area contributed by atoms with Crippen molar-refractivity contribution in [1.82, 2.24) is 19.8 Å². The van der Waals surface area contributed by atoms with E-state index in [1.165, 1.54) is 30.4 Å². The molecule has 0 unspecified atom stereocenters. The lowest BCUT2D eigenvalue weighted by Gasteiger charge is -2.33. The number of carbonyl (C=O) groups is 1. The van der Waals surface area contributed by atoms with Crippen LogP contribution in [-0.4, -0.2) is 46.0 Å². The van der Waals surface area contributed by atoms with Crippen LogP contribution in [0.1, 0.15) is 37.3 Å². The lowest BCUT2D eigenvalue weighted by molar-refractivity contribution is -0.121. The summed E-state index contributed by atoms with van der Waals surface area (Å²) in [6.45, 7) is 7.52. The summed E-state index contributed by atoms with van der Waals surface area (Å²) in [5, 5.41) is 5.21. The summed E-state index contributed by atoms with van der Waals surface area (Å²) in [7, 11) is 0. The molecule has 1 aliphatic heterocycles. The van der Waals surface area contributed by atoms with E-state index >= 15 is 0 Å². The average molecular weight is 437 g/mol. The van der Waals surface area contributed by atoms with Gasteiger partial charge in [-0.1, -0.05) is 36.2 Å². The Hall–Kier alpha value is -2.31. The summed E-state index contributed by atoms with van der Waals surface area (Å²) in [6, 6.07) is 13.3. The van der Waals surface area contributed by atoms with Gasteiger partial charge in [-0.15, -0.1) is 11.8 Å². The topological polar surface area (TPSA) is 50.2 Å². The second kappa shape index (κ2) is 10.3. The Balaban J connectivity index is 1.33. The second-order valence-corrected chi connectivity index (χ2v) is 9.46. The highest BCUT2D eigenvalue weighted by Crippen LogP contribution is 2.29. The molecular weight excluding hydrogens is 404 g/mol. The van der Waals surface area contributed by atoms with Crippen LogP contribution in [-0.2, 0) is 17.1 Å². The Morgan fingerprint density at radius 2 is 2.03 bits per heavy atom. The molecule has 4 rings (SSSR count). The minimum absolute atomic E-state index is 0.0628. The lowest BCUT2D eigenvalue weighted by Crippen LogP contribution is -2.42. The number of amides is 1. The van der Waals surface area contributed by atoms with Crippen LogP contribution in [0.5, 0.6) is 0 Å². The summed E-state index contributed by atoms with van der Waals surface area (Å²) in [6.07, 6.45) is 7.69. The Morgan fingerprint density at radius 3 is 2.84 bits per heavy atom. The Morgan fingerprint density at radius 1 is 1.19 bits per heavy atom. The van der Waals surface area contributed by atoms with Crippen LogP contribution in [0, 0.1) is 6.92 Å². The van der Waals surface area contributed by atoms with Crippen molar-refractivity contribution in [3.05, 3.63) is 59.9 Å². The summed E-state index contributed by atoms with van der Waals surface area (Å²) in [4.78, 5) is 19.6. The number of pyridine rings is 1. The largest absolute Gasteiger partial charge is 0.353 e. The van der Waals surface area contributed by atoms with Crippen LogP contribution in [0.25, 0.3) is 10.9 Å². The SMILES string of the molecule is Cc1ccc(CSc2nccc3c2ccn3CC(=O)NCCN2CCCC[C@@H]2C)cc1. The van der Waals surface area contributed by atoms with Crippen LogP contribution in [0.15, 0.2) is 53.8 Å². The number of thioether (sulfide) groups is 1. The first-order valence-corrected chi connectivity index (χ1v) is 12.2. The van der Waals surface area contributed by atoms with Crippen molar-refractivity contribution in [2.24, 2.45) is 0 Å². The molecule has 3 aromatic rings. The van der Waals surface area contributed by atoms with E-state index in [9.17, 15) is 4.79 Å². The number of hydrogen-bond donors (Lipinski definition) is 1. The fourth-order valence-corrected chi connectivity index (χ4v) is 5.18. The van der Waals surface area contributed by atoms with E-state index < -0.39 is 0 Å². The average Bonchev–Trinajstić information content (AvgIpc) is 3.18. The van der Waals surface area contributed by atoms with Gasteiger partial charge in [0.05, 0.1) is 5.52 Å². The number of benzene rings is 1. The first-order chi connectivity index (χ1) is 15.1. The van der Waals surface area contributed by atoms with E-state index in [2.05, 4.69) is 59.4 Å². The van der Waals surface area contributed by atoms with E-state index in [-0.39, 0.29) is 5.91 Å². The molecule has 164 valence electrons. The van der Waals surface area contributed by atoms with Crippen LogP contribution in [0.2, 0.25) is 0 Å². The third-order valence-electron chi connectivity index (χ3n) is 6.13. The number of hydrogen-bond acceptors (Lipinski definition) is 4. The molecule has 0 saturated carbocycles. The van der Waals surface area contributed by atoms with E-state index in [4.69, 9.17) is 0 Å². The molecule has 6 heteroatoms. The van der Waals surface area contributed by atoms with Crippen LogP contribution in [0.4, 0.5) is 0 Å². The van der Waals surface area contributed by atoms with E-state index in [0.717, 1.165) is 34.8 Å². The van der Waals surface area contributed by atoms with Crippen molar-refractivity contribution in [2.75, 3.05) is 19.6 Å². The first kappa shape index (κ1) is 21.9. The maximum atomic E-state index is 12.5. The van der Waals surface area contributed by atoms with Gasteiger partial charge >= 0.3 is 0 Å². The van der Waals surface area contributed by atoms with Crippen molar-refractivity contribution in [3.8, 4) is 0 Å². The fourth-order valence-electron chi connectivity index (χ4n) is 4.22. The molecule has 0 spiro atoms. The molecule has 5 nitrogen and oxygen atoms in total. The number of rotatable bonds is 8. The summed E-state index contributed by atoms with van der Waals surface area (Å²) in [5.74, 6) is 0.945. The van der Waals surface area contributed by atoms with Gasteiger partial charge in [0.25, 0.3) is 0 Å². The Kier molecular flexibility index (Phi) is 7.30. The van der Waals surface area contributed by atoms with Gasteiger partial charge in [-0.25, -0.2) is 4.98 Å². The molecule has 0 aliphatic carbocycles. The Bertz CT molecular complexity index is 1010. The third kappa shape index (κ3) is 5.69. The zero-order valence-electron chi connectivity index (χ0n) is 18.5. The number of likely N-dealkylation sites (tertiary alicyclic amines) is 1. The van der Waals surface area contributed by atoms with Gasteiger partial charge in [-0.2, -0.15) is 0 Å². The number of aromatic nitrogens is 2. The monoisotopic (exact) mass is 436 g/mol. The molecule has 1 aromatic carbocycles. The molecule has 1 saturated heterocycles. The van der Waals surface area contributed by atoms with Crippen molar-refractivity contribution in [3.63, 3.8) is 0 Å². The predicted molar refractivity (Wildman–Crippen MR) is 128 cm³/mol. The minimum Gasteiger partial charge on any atom is -0.353 e. The molecule has 1 N–H and O–H groups in total. The van der Waals surface area contributed by atoms with Crippen molar-refractivity contribution in [1.29, 1.82) is 0 Å². The van der Waals surface area contributed by atoms with Crippen LogP contribution >= 0.6 is 11.8 Å². The van der Waals surface area contributed by atoms with Crippen LogP contribution in [0.3, 0.4) is 0 Å². The number of nitrogens with one attached hydrogen (secondary N) is 1.